The Balaban J connectivity index is 1.40. The summed E-state index contributed by atoms with van der Waals surface area (Å²) in [6.45, 7) is 0.717. The van der Waals surface area contributed by atoms with Crippen LogP contribution >= 0.6 is 0 Å². The highest BCUT2D eigenvalue weighted by Crippen LogP contribution is 2.33. The van der Waals surface area contributed by atoms with Crippen LogP contribution in [0.25, 0.3) is 55.8 Å². The van der Waals surface area contributed by atoms with E-state index in [1.54, 1.807) is 12.3 Å². The Kier molecular flexibility index (Phi) is 6.75. The second-order valence-electron chi connectivity index (χ2n) is 10.2. The van der Waals surface area contributed by atoms with Crippen LogP contribution in [0.5, 0.6) is 0 Å². The van der Waals surface area contributed by atoms with Crippen molar-refractivity contribution in [2.24, 2.45) is 0 Å². The Morgan fingerprint density at radius 3 is 2.68 bits per heavy atom. The van der Waals surface area contributed by atoms with Crippen LogP contribution in [0.3, 0.4) is 0 Å². The van der Waals surface area contributed by atoms with Gasteiger partial charge >= 0.3 is 0 Å². The highest BCUT2D eigenvalue weighted by Gasteiger charge is 2.17. The number of aromatic amines is 2. The van der Waals surface area contributed by atoms with E-state index in [4.69, 9.17) is 4.98 Å². The Bertz CT molecular complexity index is 2010. The minimum Gasteiger partial charge on any atom is -0.353 e. The zero-order chi connectivity index (χ0) is 28.7. The van der Waals surface area contributed by atoms with Gasteiger partial charge in [-0.3, -0.25) is 10.1 Å². The summed E-state index contributed by atoms with van der Waals surface area (Å²) in [5, 5.41) is 8.37. The number of nitrogens with one attached hydrogen (secondary N) is 3. The van der Waals surface area contributed by atoms with E-state index in [0.29, 0.717) is 28.0 Å². The van der Waals surface area contributed by atoms with Gasteiger partial charge in [-0.2, -0.15) is 5.10 Å². The maximum Gasteiger partial charge on any atom is 0.209 e. The molecule has 0 aliphatic rings. The SMILES string of the molecule is CN(C)Cc1c#ccc(-c2ccc3[nH]nc(-c4cc5c(-c6cc(F)cc(CNS(C)(=O)=O)c6)nccc5[nH]4)c3n2)c1. The average molecular weight is 568 g/mol. The minimum atomic E-state index is -3.43. The van der Waals surface area contributed by atoms with E-state index >= 15 is 0 Å². The summed E-state index contributed by atoms with van der Waals surface area (Å²) < 4.78 is 40.0. The van der Waals surface area contributed by atoms with Crippen LogP contribution in [0, 0.1) is 17.9 Å². The lowest BCUT2D eigenvalue weighted by atomic mass is 10.0. The molecular formula is C30H26FN7O2S. The minimum absolute atomic E-state index is 0.0287. The standard InChI is InChI=1S/C30H26FN7O2S/c1-38(2)17-18-5-4-6-20(11-18)24-7-8-26-29(35-24)30(37-36-26)27-15-23-25(34-27)9-10-32-28(23)21-12-19(13-22(31)14-21)16-33-41(3,39)40/h6-15,33-34H,16-17H2,1-3H3,(H,36,37). The molecule has 4 heterocycles. The number of nitrogens with zero attached hydrogens (tertiary/aromatic N) is 4. The van der Waals surface area contributed by atoms with E-state index in [1.807, 2.05) is 44.4 Å². The van der Waals surface area contributed by atoms with Gasteiger partial charge in [-0.25, -0.2) is 22.5 Å². The first-order valence-corrected chi connectivity index (χ1v) is 14.7. The number of sulfonamides is 1. The molecule has 0 saturated carbocycles. The third kappa shape index (κ3) is 5.67. The first kappa shape index (κ1) is 26.6. The molecule has 0 spiro atoms. The fourth-order valence-electron chi connectivity index (χ4n) is 4.81. The summed E-state index contributed by atoms with van der Waals surface area (Å²) in [5.74, 6) is -0.484. The number of pyridine rings is 2. The van der Waals surface area contributed by atoms with E-state index in [0.717, 1.165) is 51.7 Å². The van der Waals surface area contributed by atoms with Crippen LogP contribution in [0.2, 0.25) is 0 Å². The molecule has 41 heavy (non-hydrogen) atoms. The van der Waals surface area contributed by atoms with Gasteiger partial charge in [-0.05, 0) is 74.3 Å². The smallest absolute Gasteiger partial charge is 0.209 e. The summed E-state index contributed by atoms with van der Waals surface area (Å²) in [6, 6.07) is 22.2. The van der Waals surface area contributed by atoms with Crippen molar-refractivity contribution in [2.75, 3.05) is 20.4 Å². The Labute approximate surface area is 236 Å². The van der Waals surface area contributed by atoms with Gasteiger partial charge in [0.1, 0.15) is 17.0 Å². The molecule has 3 N–H and O–H groups in total. The fourth-order valence-corrected chi connectivity index (χ4v) is 5.24. The topological polar surface area (TPSA) is 120 Å². The predicted octanol–water partition coefficient (Wildman–Crippen LogP) is 4.69. The molecule has 4 aromatic heterocycles. The maximum absolute atomic E-state index is 14.6. The van der Waals surface area contributed by atoms with Crippen molar-refractivity contribution in [3.8, 4) is 33.9 Å². The van der Waals surface area contributed by atoms with Gasteiger partial charge in [0.2, 0.25) is 10.0 Å². The van der Waals surface area contributed by atoms with Gasteiger partial charge in [-0.15, -0.1) is 0 Å². The van der Waals surface area contributed by atoms with Gasteiger partial charge in [0.15, 0.2) is 0 Å². The second-order valence-corrected chi connectivity index (χ2v) is 12.0. The lowest BCUT2D eigenvalue weighted by Crippen LogP contribution is -2.21. The zero-order valence-corrected chi connectivity index (χ0v) is 23.4. The van der Waals surface area contributed by atoms with E-state index < -0.39 is 15.8 Å². The van der Waals surface area contributed by atoms with E-state index in [-0.39, 0.29) is 6.54 Å². The molecule has 0 atom stereocenters. The Morgan fingerprint density at radius 1 is 1.02 bits per heavy atom. The Hall–Kier alpha value is -4.63. The number of aromatic nitrogens is 5. The molecule has 0 bridgehead atoms. The summed E-state index contributed by atoms with van der Waals surface area (Å²) in [4.78, 5) is 14.9. The van der Waals surface area contributed by atoms with E-state index in [2.05, 4.69) is 48.0 Å². The highest BCUT2D eigenvalue weighted by molar-refractivity contribution is 7.88. The van der Waals surface area contributed by atoms with Crippen LogP contribution < -0.4 is 4.72 Å². The monoisotopic (exact) mass is 567 g/mol. The molecule has 6 rings (SSSR count). The first-order chi connectivity index (χ1) is 19.6. The summed E-state index contributed by atoms with van der Waals surface area (Å²) in [7, 11) is 0.585. The molecule has 0 radical (unpaired) electrons. The van der Waals surface area contributed by atoms with Crippen LogP contribution in [-0.4, -0.2) is 58.8 Å². The van der Waals surface area contributed by atoms with Gasteiger partial charge in [-0.1, -0.05) is 12.1 Å². The van der Waals surface area contributed by atoms with E-state index in [1.165, 1.54) is 12.1 Å². The first-order valence-electron chi connectivity index (χ1n) is 12.8. The Morgan fingerprint density at radius 2 is 1.88 bits per heavy atom. The number of H-pyrrole nitrogens is 2. The van der Waals surface area contributed by atoms with Crippen molar-refractivity contribution in [1.29, 1.82) is 0 Å². The molecule has 0 aliphatic heterocycles. The largest absolute Gasteiger partial charge is 0.353 e. The van der Waals surface area contributed by atoms with E-state index in [9.17, 15) is 12.8 Å². The second kappa shape index (κ2) is 10.4. The van der Waals surface area contributed by atoms with Gasteiger partial charge in [0.05, 0.1) is 28.9 Å². The third-order valence-electron chi connectivity index (χ3n) is 6.55. The molecule has 0 amide bonds. The lowest BCUT2D eigenvalue weighted by molar-refractivity contribution is 0.402. The molecule has 0 unspecified atom stereocenters. The molecule has 6 aromatic rings. The maximum atomic E-state index is 14.6. The zero-order valence-electron chi connectivity index (χ0n) is 22.6. The molecule has 2 aromatic carbocycles. The molecular weight excluding hydrogens is 541 g/mol. The van der Waals surface area contributed by atoms with Crippen molar-refractivity contribution in [3.05, 3.63) is 89.9 Å². The molecule has 11 heteroatoms. The molecule has 0 aliphatic carbocycles. The molecule has 0 fully saturated rings. The number of hydrogen-bond donors (Lipinski definition) is 3. The van der Waals surface area contributed by atoms with Crippen LogP contribution in [0.15, 0.2) is 60.8 Å². The quantitative estimate of drug-likeness (QED) is 0.246. The number of hydrogen-bond acceptors (Lipinski definition) is 6. The van der Waals surface area contributed by atoms with Crippen molar-refractivity contribution in [2.45, 2.75) is 13.1 Å². The number of fused-ring (bicyclic) bond motifs is 2. The van der Waals surface area contributed by atoms with Crippen LogP contribution in [-0.2, 0) is 23.1 Å². The fraction of sp³-hybridized carbons (Fsp3) is 0.167. The number of rotatable bonds is 8. The predicted molar refractivity (Wildman–Crippen MR) is 157 cm³/mol. The molecule has 206 valence electrons. The highest BCUT2D eigenvalue weighted by atomic mass is 32.2. The number of halogens is 1. The molecule has 9 nitrogen and oxygen atoms in total. The average Bonchev–Trinajstić information content (AvgIpc) is 3.54. The van der Waals surface area contributed by atoms with Gasteiger partial charge in [0, 0.05) is 46.9 Å². The normalized spacial score (nSPS) is 11.9. The summed E-state index contributed by atoms with van der Waals surface area (Å²) in [6.07, 6.45) is 2.71. The van der Waals surface area contributed by atoms with Gasteiger partial charge < -0.3 is 9.88 Å². The van der Waals surface area contributed by atoms with Crippen molar-refractivity contribution in [3.63, 3.8) is 0 Å². The third-order valence-corrected chi connectivity index (χ3v) is 7.22. The number of benzene rings is 1. The van der Waals surface area contributed by atoms with Crippen molar-refractivity contribution in [1.82, 2.24) is 34.8 Å². The van der Waals surface area contributed by atoms with Crippen molar-refractivity contribution < 1.29 is 12.8 Å². The summed E-state index contributed by atoms with van der Waals surface area (Å²) in [5.41, 5.74) is 7.96. The van der Waals surface area contributed by atoms with Crippen LogP contribution in [0.1, 0.15) is 11.1 Å². The lowest BCUT2D eigenvalue weighted by Gasteiger charge is -2.08. The van der Waals surface area contributed by atoms with Crippen LogP contribution in [0.4, 0.5) is 4.39 Å². The van der Waals surface area contributed by atoms with Crippen molar-refractivity contribution >= 4 is 32.0 Å². The molecule has 0 saturated heterocycles. The van der Waals surface area contributed by atoms with Gasteiger partial charge in [0.25, 0.3) is 0 Å². The summed E-state index contributed by atoms with van der Waals surface area (Å²) >= 11 is 0.